The standard InChI is InChI=1S/C20H22N2O3/c1-15-6-2-3-7-16(15)20(24)10-11-21(14-20)12-13-22-17-8-4-5-9-18(17)25-19(22)23/h2-9,24H,10-14H2,1H3/t20-/m0/s1. The van der Waals surface area contributed by atoms with Gasteiger partial charge in [0.1, 0.15) is 5.60 Å². The number of aliphatic hydroxyl groups is 1. The molecule has 0 unspecified atom stereocenters. The van der Waals surface area contributed by atoms with E-state index >= 15 is 0 Å². The molecule has 5 heteroatoms. The van der Waals surface area contributed by atoms with Crippen LogP contribution in [0.1, 0.15) is 17.5 Å². The molecule has 5 nitrogen and oxygen atoms in total. The number of nitrogens with zero attached hydrogens (tertiary/aromatic N) is 2. The Morgan fingerprint density at radius 3 is 2.72 bits per heavy atom. The number of hydrogen-bond donors (Lipinski definition) is 1. The first-order valence-electron chi connectivity index (χ1n) is 8.66. The fourth-order valence-corrected chi connectivity index (χ4v) is 3.84. The van der Waals surface area contributed by atoms with E-state index in [4.69, 9.17) is 4.42 Å². The maximum Gasteiger partial charge on any atom is 0.419 e. The number of para-hydroxylation sites is 2. The summed E-state index contributed by atoms with van der Waals surface area (Å²) in [7, 11) is 0. The van der Waals surface area contributed by atoms with Crippen LogP contribution in [0.2, 0.25) is 0 Å². The summed E-state index contributed by atoms with van der Waals surface area (Å²) in [5.41, 5.74) is 2.74. The minimum absolute atomic E-state index is 0.324. The molecule has 25 heavy (non-hydrogen) atoms. The summed E-state index contributed by atoms with van der Waals surface area (Å²) in [6, 6.07) is 15.5. The molecule has 130 valence electrons. The lowest BCUT2D eigenvalue weighted by atomic mass is 9.89. The molecule has 0 amide bonds. The van der Waals surface area contributed by atoms with Gasteiger partial charge in [-0.25, -0.2) is 4.79 Å². The molecule has 0 radical (unpaired) electrons. The van der Waals surface area contributed by atoms with Crippen LogP contribution in [0.4, 0.5) is 0 Å². The molecule has 2 heterocycles. The topological polar surface area (TPSA) is 58.6 Å². The monoisotopic (exact) mass is 338 g/mol. The van der Waals surface area contributed by atoms with E-state index in [9.17, 15) is 9.90 Å². The molecule has 1 aromatic heterocycles. The normalized spacial score (nSPS) is 21.2. The van der Waals surface area contributed by atoms with Gasteiger partial charge in [0.05, 0.1) is 5.52 Å². The molecule has 3 aromatic rings. The van der Waals surface area contributed by atoms with Crippen LogP contribution in [0.3, 0.4) is 0 Å². The Kier molecular flexibility index (Phi) is 3.98. The molecule has 0 aliphatic carbocycles. The first-order chi connectivity index (χ1) is 12.1. The second-order valence-corrected chi connectivity index (χ2v) is 6.86. The van der Waals surface area contributed by atoms with Crippen molar-refractivity contribution in [3.05, 3.63) is 70.2 Å². The molecule has 4 rings (SSSR count). The van der Waals surface area contributed by atoms with Crippen molar-refractivity contribution < 1.29 is 9.52 Å². The van der Waals surface area contributed by atoms with Crippen molar-refractivity contribution in [3.8, 4) is 0 Å². The number of rotatable bonds is 4. The summed E-state index contributed by atoms with van der Waals surface area (Å²) in [4.78, 5) is 14.3. The maximum absolute atomic E-state index is 12.1. The zero-order chi connectivity index (χ0) is 17.4. The highest BCUT2D eigenvalue weighted by atomic mass is 16.4. The quantitative estimate of drug-likeness (QED) is 0.794. The lowest BCUT2D eigenvalue weighted by Gasteiger charge is -2.25. The fraction of sp³-hybridized carbons (Fsp3) is 0.350. The predicted molar refractivity (Wildman–Crippen MR) is 96.6 cm³/mol. The fourth-order valence-electron chi connectivity index (χ4n) is 3.84. The van der Waals surface area contributed by atoms with Gasteiger partial charge in [0.15, 0.2) is 5.58 Å². The van der Waals surface area contributed by atoms with Crippen LogP contribution in [-0.2, 0) is 12.1 Å². The van der Waals surface area contributed by atoms with Crippen molar-refractivity contribution >= 4 is 11.1 Å². The number of benzene rings is 2. The SMILES string of the molecule is Cc1ccccc1[C@]1(O)CCN(CCn2c(=O)oc3ccccc32)C1. The van der Waals surface area contributed by atoms with Crippen molar-refractivity contribution in [2.75, 3.05) is 19.6 Å². The molecular formula is C20H22N2O3. The van der Waals surface area contributed by atoms with Crippen LogP contribution in [-0.4, -0.2) is 34.2 Å². The van der Waals surface area contributed by atoms with Gasteiger partial charge in [-0.1, -0.05) is 36.4 Å². The summed E-state index contributed by atoms with van der Waals surface area (Å²) in [6.07, 6.45) is 0.707. The molecule has 1 saturated heterocycles. The molecule has 2 aromatic carbocycles. The maximum atomic E-state index is 12.1. The first-order valence-corrected chi connectivity index (χ1v) is 8.66. The summed E-state index contributed by atoms with van der Waals surface area (Å²) in [5, 5.41) is 11.1. The van der Waals surface area contributed by atoms with Gasteiger partial charge in [-0.05, 0) is 36.6 Å². The Morgan fingerprint density at radius 1 is 1.12 bits per heavy atom. The summed E-state index contributed by atoms with van der Waals surface area (Å²) in [5.74, 6) is -0.324. The molecule has 1 N–H and O–H groups in total. The Balaban J connectivity index is 1.49. The van der Waals surface area contributed by atoms with Crippen molar-refractivity contribution in [2.45, 2.75) is 25.5 Å². The summed E-state index contributed by atoms with van der Waals surface area (Å²) in [6.45, 7) is 4.70. The minimum Gasteiger partial charge on any atom is -0.408 e. The Bertz CT molecular complexity index is 959. The second kappa shape index (κ2) is 6.17. The average molecular weight is 338 g/mol. The van der Waals surface area contributed by atoms with Gasteiger partial charge in [0.2, 0.25) is 0 Å². The summed E-state index contributed by atoms with van der Waals surface area (Å²) < 4.78 is 6.95. The van der Waals surface area contributed by atoms with Crippen LogP contribution < -0.4 is 5.76 Å². The molecule has 1 aliphatic heterocycles. The third-order valence-electron chi connectivity index (χ3n) is 5.19. The number of aryl methyl sites for hydroxylation is 1. The average Bonchev–Trinajstić information content (AvgIpc) is 3.13. The third-order valence-corrected chi connectivity index (χ3v) is 5.19. The van der Waals surface area contributed by atoms with Gasteiger partial charge in [-0.2, -0.15) is 0 Å². The van der Waals surface area contributed by atoms with E-state index < -0.39 is 5.60 Å². The summed E-state index contributed by atoms with van der Waals surface area (Å²) >= 11 is 0. The van der Waals surface area contributed by atoms with Gasteiger partial charge in [-0.15, -0.1) is 0 Å². The van der Waals surface area contributed by atoms with Crippen LogP contribution in [0.5, 0.6) is 0 Å². The van der Waals surface area contributed by atoms with E-state index in [0.717, 1.165) is 23.2 Å². The number of fused-ring (bicyclic) bond motifs is 1. The van der Waals surface area contributed by atoms with E-state index in [1.54, 1.807) is 10.6 Å². The molecule has 0 bridgehead atoms. The Hall–Kier alpha value is -2.37. The Morgan fingerprint density at radius 2 is 1.88 bits per heavy atom. The number of β-amino-alcohol motifs (C(OH)–C–C–N with tert-alkyl or cyclic N) is 1. The lowest BCUT2D eigenvalue weighted by molar-refractivity contribution is 0.0451. The molecule has 0 spiro atoms. The number of likely N-dealkylation sites (tertiary alicyclic amines) is 1. The van der Waals surface area contributed by atoms with Crippen molar-refractivity contribution in [2.24, 2.45) is 0 Å². The molecule has 1 aliphatic rings. The van der Waals surface area contributed by atoms with Crippen molar-refractivity contribution in [3.63, 3.8) is 0 Å². The second-order valence-electron chi connectivity index (χ2n) is 6.86. The Labute approximate surface area is 146 Å². The largest absolute Gasteiger partial charge is 0.419 e. The van der Waals surface area contributed by atoms with Crippen LogP contribution >= 0.6 is 0 Å². The lowest BCUT2D eigenvalue weighted by Crippen LogP contribution is -2.33. The number of oxazole rings is 1. The molecular weight excluding hydrogens is 316 g/mol. The van der Waals surface area contributed by atoms with E-state index in [1.807, 2.05) is 49.4 Å². The van der Waals surface area contributed by atoms with E-state index in [2.05, 4.69) is 4.90 Å². The van der Waals surface area contributed by atoms with Crippen molar-refractivity contribution in [1.29, 1.82) is 0 Å². The zero-order valence-corrected chi connectivity index (χ0v) is 14.3. The molecule has 1 fully saturated rings. The van der Waals surface area contributed by atoms with Gasteiger partial charge >= 0.3 is 5.76 Å². The van der Waals surface area contributed by atoms with E-state index in [0.29, 0.717) is 31.6 Å². The third kappa shape index (κ3) is 2.90. The highest BCUT2D eigenvalue weighted by molar-refractivity contribution is 5.72. The van der Waals surface area contributed by atoms with Gasteiger partial charge < -0.3 is 9.52 Å². The first kappa shape index (κ1) is 16.1. The van der Waals surface area contributed by atoms with Crippen LogP contribution in [0.25, 0.3) is 11.1 Å². The van der Waals surface area contributed by atoms with Gasteiger partial charge in [0, 0.05) is 26.2 Å². The number of hydrogen-bond acceptors (Lipinski definition) is 4. The highest BCUT2D eigenvalue weighted by Gasteiger charge is 2.38. The van der Waals surface area contributed by atoms with Crippen molar-refractivity contribution in [1.82, 2.24) is 9.47 Å². The predicted octanol–water partition coefficient (Wildman–Crippen LogP) is 2.50. The smallest absolute Gasteiger partial charge is 0.408 e. The van der Waals surface area contributed by atoms with Crippen LogP contribution in [0.15, 0.2) is 57.7 Å². The molecule has 1 atom stereocenters. The van der Waals surface area contributed by atoms with E-state index in [-0.39, 0.29) is 5.76 Å². The zero-order valence-electron chi connectivity index (χ0n) is 14.3. The van der Waals surface area contributed by atoms with Gasteiger partial charge in [-0.3, -0.25) is 9.47 Å². The minimum atomic E-state index is -0.811. The molecule has 0 saturated carbocycles. The van der Waals surface area contributed by atoms with E-state index in [1.165, 1.54) is 0 Å². The van der Waals surface area contributed by atoms with Gasteiger partial charge in [0.25, 0.3) is 0 Å². The highest BCUT2D eigenvalue weighted by Crippen LogP contribution is 2.33. The number of aromatic nitrogens is 1. The van der Waals surface area contributed by atoms with Crippen LogP contribution in [0, 0.1) is 6.92 Å².